The summed E-state index contributed by atoms with van der Waals surface area (Å²) in [5.41, 5.74) is 2.20. The maximum absolute atomic E-state index is 12.4. The van der Waals surface area contributed by atoms with Crippen molar-refractivity contribution in [1.29, 1.82) is 0 Å². The standard InChI is InChI=1S/C16H25NO/c1-4-12-17(13-5-2)16(18)15-9-7-8-14(6-3)10-11-15/h7-8,10-11H,4-6,9,12-13H2,1-3H3. The van der Waals surface area contributed by atoms with Crippen LogP contribution in [0.25, 0.3) is 0 Å². The molecule has 0 radical (unpaired) electrons. The van der Waals surface area contributed by atoms with Crippen molar-refractivity contribution < 1.29 is 4.79 Å². The zero-order valence-corrected chi connectivity index (χ0v) is 11.9. The molecule has 0 aliphatic heterocycles. The van der Waals surface area contributed by atoms with E-state index < -0.39 is 0 Å². The van der Waals surface area contributed by atoms with Gasteiger partial charge in [-0.1, -0.05) is 45.1 Å². The molecule has 2 heteroatoms. The Morgan fingerprint density at radius 1 is 1.17 bits per heavy atom. The maximum Gasteiger partial charge on any atom is 0.250 e. The van der Waals surface area contributed by atoms with Gasteiger partial charge in [-0.2, -0.15) is 0 Å². The molecule has 0 saturated carbocycles. The highest BCUT2D eigenvalue weighted by atomic mass is 16.2. The Hall–Kier alpha value is -1.31. The Morgan fingerprint density at radius 2 is 1.83 bits per heavy atom. The second-order valence-corrected chi connectivity index (χ2v) is 4.69. The van der Waals surface area contributed by atoms with E-state index in [1.165, 1.54) is 5.57 Å². The molecule has 100 valence electrons. The van der Waals surface area contributed by atoms with Gasteiger partial charge in [0.05, 0.1) is 0 Å². The van der Waals surface area contributed by atoms with Gasteiger partial charge in [0.2, 0.25) is 5.91 Å². The second-order valence-electron chi connectivity index (χ2n) is 4.69. The molecule has 1 aliphatic rings. The minimum atomic E-state index is 0.206. The molecule has 0 atom stereocenters. The van der Waals surface area contributed by atoms with Gasteiger partial charge in [0.25, 0.3) is 0 Å². The quantitative estimate of drug-likeness (QED) is 0.698. The molecule has 0 aromatic rings. The van der Waals surface area contributed by atoms with Crippen LogP contribution >= 0.6 is 0 Å². The first-order valence-corrected chi connectivity index (χ1v) is 7.08. The number of allylic oxidation sites excluding steroid dienone is 5. The summed E-state index contributed by atoms with van der Waals surface area (Å²) in [5.74, 6) is 0.206. The van der Waals surface area contributed by atoms with Crippen LogP contribution in [-0.4, -0.2) is 23.9 Å². The third-order valence-corrected chi connectivity index (χ3v) is 3.13. The SMILES string of the molecule is CCCN(CCC)C(=O)C1=CC=C(CC)C=CC1. The Balaban J connectivity index is 2.79. The van der Waals surface area contributed by atoms with E-state index in [1.807, 2.05) is 11.0 Å². The first-order chi connectivity index (χ1) is 8.72. The van der Waals surface area contributed by atoms with Gasteiger partial charge in [-0.05, 0) is 31.3 Å². The molecule has 0 N–H and O–H groups in total. The zero-order valence-electron chi connectivity index (χ0n) is 11.9. The smallest absolute Gasteiger partial charge is 0.250 e. The monoisotopic (exact) mass is 247 g/mol. The van der Waals surface area contributed by atoms with Crippen LogP contribution in [0, 0.1) is 0 Å². The van der Waals surface area contributed by atoms with Gasteiger partial charge in [-0.25, -0.2) is 0 Å². The average molecular weight is 247 g/mol. The third kappa shape index (κ3) is 4.17. The van der Waals surface area contributed by atoms with E-state index in [9.17, 15) is 4.79 Å². The summed E-state index contributed by atoms with van der Waals surface area (Å²) in [6.07, 6.45) is 12.1. The molecule has 0 unspecified atom stereocenters. The highest BCUT2D eigenvalue weighted by Crippen LogP contribution is 2.16. The van der Waals surface area contributed by atoms with Gasteiger partial charge >= 0.3 is 0 Å². The minimum absolute atomic E-state index is 0.206. The number of carbonyl (C=O) groups excluding carboxylic acids is 1. The molecular formula is C16H25NO. The molecule has 1 amide bonds. The van der Waals surface area contributed by atoms with Gasteiger partial charge < -0.3 is 4.90 Å². The number of carbonyl (C=O) groups is 1. The van der Waals surface area contributed by atoms with Gasteiger partial charge in [0.15, 0.2) is 0 Å². The summed E-state index contributed by atoms with van der Waals surface area (Å²) in [4.78, 5) is 14.4. The zero-order chi connectivity index (χ0) is 13.4. The second kappa shape index (κ2) is 7.91. The molecule has 0 heterocycles. The number of hydrogen-bond acceptors (Lipinski definition) is 1. The third-order valence-electron chi connectivity index (χ3n) is 3.13. The summed E-state index contributed by atoms with van der Waals surface area (Å²) in [5, 5.41) is 0. The first kappa shape index (κ1) is 14.7. The van der Waals surface area contributed by atoms with E-state index in [-0.39, 0.29) is 5.91 Å². The predicted octanol–water partition coefficient (Wildman–Crippen LogP) is 3.86. The van der Waals surface area contributed by atoms with E-state index in [0.717, 1.165) is 44.3 Å². The molecule has 0 aromatic carbocycles. The Bertz CT molecular complexity index is 357. The van der Waals surface area contributed by atoms with Crippen molar-refractivity contribution in [3.05, 3.63) is 35.5 Å². The fourth-order valence-corrected chi connectivity index (χ4v) is 2.12. The van der Waals surface area contributed by atoms with E-state index >= 15 is 0 Å². The van der Waals surface area contributed by atoms with Crippen molar-refractivity contribution in [3.63, 3.8) is 0 Å². The number of amides is 1. The van der Waals surface area contributed by atoms with E-state index in [2.05, 4.69) is 39.0 Å². The first-order valence-electron chi connectivity index (χ1n) is 7.08. The van der Waals surface area contributed by atoms with Crippen molar-refractivity contribution in [1.82, 2.24) is 4.90 Å². The number of nitrogens with zero attached hydrogens (tertiary/aromatic N) is 1. The molecule has 0 bridgehead atoms. The minimum Gasteiger partial charge on any atom is -0.339 e. The van der Waals surface area contributed by atoms with Crippen molar-refractivity contribution in [2.24, 2.45) is 0 Å². The fourth-order valence-electron chi connectivity index (χ4n) is 2.12. The molecule has 1 rings (SSSR count). The highest BCUT2D eigenvalue weighted by Gasteiger charge is 2.16. The molecule has 18 heavy (non-hydrogen) atoms. The lowest BCUT2D eigenvalue weighted by Gasteiger charge is -2.22. The van der Waals surface area contributed by atoms with Gasteiger partial charge in [0, 0.05) is 18.7 Å². The lowest BCUT2D eigenvalue weighted by molar-refractivity contribution is -0.127. The van der Waals surface area contributed by atoms with Crippen LogP contribution in [0.4, 0.5) is 0 Å². The molecule has 0 fully saturated rings. The molecule has 2 nitrogen and oxygen atoms in total. The Labute approximate surface area is 111 Å². The molecule has 0 saturated heterocycles. The highest BCUT2D eigenvalue weighted by molar-refractivity contribution is 5.94. The summed E-state index contributed by atoms with van der Waals surface area (Å²) >= 11 is 0. The Morgan fingerprint density at radius 3 is 2.39 bits per heavy atom. The Kier molecular flexibility index (Phi) is 6.48. The van der Waals surface area contributed by atoms with E-state index in [1.54, 1.807) is 0 Å². The van der Waals surface area contributed by atoms with Crippen molar-refractivity contribution in [3.8, 4) is 0 Å². The van der Waals surface area contributed by atoms with Crippen LogP contribution in [-0.2, 0) is 4.79 Å². The van der Waals surface area contributed by atoms with E-state index in [0.29, 0.717) is 0 Å². The van der Waals surface area contributed by atoms with Gasteiger partial charge in [-0.15, -0.1) is 0 Å². The van der Waals surface area contributed by atoms with Crippen LogP contribution in [0.1, 0.15) is 46.5 Å². The number of rotatable bonds is 6. The van der Waals surface area contributed by atoms with Gasteiger partial charge in [-0.3, -0.25) is 4.79 Å². The van der Waals surface area contributed by atoms with Gasteiger partial charge in [0.1, 0.15) is 0 Å². The van der Waals surface area contributed by atoms with Crippen LogP contribution in [0.3, 0.4) is 0 Å². The normalized spacial score (nSPS) is 14.8. The molecular weight excluding hydrogens is 222 g/mol. The fraction of sp³-hybridized carbons (Fsp3) is 0.562. The maximum atomic E-state index is 12.4. The van der Waals surface area contributed by atoms with Crippen molar-refractivity contribution in [2.45, 2.75) is 46.5 Å². The summed E-state index contributed by atoms with van der Waals surface area (Å²) in [6.45, 7) is 8.09. The lowest BCUT2D eigenvalue weighted by Crippen LogP contribution is -2.33. The molecule has 0 aromatic heterocycles. The topological polar surface area (TPSA) is 20.3 Å². The largest absolute Gasteiger partial charge is 0.339 e. The molecule has 0 spiro atoms. The van der Waals surface area contributed by atoms with Crippen molar-refractivity contribution >= 4 is 5.91 Å². The van der Waals surface area contributed by atoms with E-state index in [4.69, 9.17) is 0 Å². The van der Waals surface area contributed by atoms with Crippen LogP contribution in [0.5, 0.6) is 0 Å². The molecule has 1 aliphatic carbocycles. The van der Waals surface area contributed by atoms with Crippen LogP contribution < -0.4 is 0 Å². The van der Waals surface area contributed by atoms with Crippen LogP contribution in [0.2, 0.25) is 0 Å². The summed E-state index contributed by atoms with van der Waals surface area (Å²) in [6, 6.07) is 0. The summed E-state index contributed by atoms with van der Waals surface area (Å²) in [7, 11) is 0. The lowest BCUT2D eigenvalue weighted by atomic mass is 10.1. The summed E-state index contributed by atoms with van der Waals surface area (Å²) < 4.78 is 0. The van der Waals surface area contributed by atoms with Crippen molar-refractivity contribution in [2.75, 3.05) is 13.1 Å². The number of hydrogen-bond donors (Lipinski definition) is 0. The predicted molar refractivity (Wildman–Crippen MR) is 77.4 cm³/mol. The average Bonchev–Trinajstić information content (AvgIpc) is 2.63. The van der Waals surface area contributed by atoms with Crippen LogP contribution in [0.15, 0.2) is 35.5 Å².